The number of benzene rings is 6. The van der Waals surface area contributed by atoms with Crippen molar-refractivity contribution in [3.63, 3.8) is 0 Å². The lowest BCUT2D eigenvalue weighted by molar-refractivity contribution is -0.154. The SMILES string of the molecule is COC(=O)C1(N)CCN(C(=O)OC(C)(C)C)CC1.COC(=O)C1(NC(=O)[C@@H]2Cc3ccccc3CN2C(=O)OCC2c3ccccc3-c3ccccc32)CCN(C(=O)OC(C)(C)C)CC1.O=C(O)[C@@H]1Cc2ccccc2CN1C(=O)OCC1c2ccccc2-c2ccccc21. The van der Waals surface area contributed by atoms with Crippen molar-refractivity contribution in [3.8, 4) is 22.3 Å². The van der Waals surface area contributed by atoms with Crippen molar-refractivity contribution in [2.24, 2.45) is 5.73 Å². The first kappa shape index (κ1) is 68.1. The molecular weight excluding hydrogens is 1210 g/mol. The molecule has 12 rings (SSSR count). The number of fused-ring (bicyclic) bond motifs is 8. The number of piperidine rings is 2. The minimum atomic E-state index is -1.37. The number of amides is 5. The largest absolute Gasteiger partial charge is 0.480 e. The molecule has 4 N–H and O–H groups in total. The van der Waals surface area contributed by atoms with Gasteiger partial charge in [-0.15, -0.1) is 0 Å². The van der Waals surface area contributed by atoms with Gasteiger partial charge in [0, 0.05) is 50.9 Å². The van der Waals surface area contributed by atoms with E-state index in [2.05, 4.69) is 58.6 Å². The van der Waals surface area contributed by atoms with Crippen LogP contribution in [0.1, 0.15) is 124 Å². The molecule has 500 valence electrons. The third kappa shape index (κ3) is 15.3. The Balaban J connectivity index is 0.000000174. The number of nitrogens with two attached hydrogens (primary N) is 1. The van der Waals surface area contributed by atoms with Crippen molar-refractivity contribution in [2.75, 3.05) is 53.6 Å². The molecule has 21 heteroatoms. The highest BCUT2D eigenvalue weighted by Gasteiger charge is 2.48. The Morgan fingerprint density at radius 2 is 0.811 bits per heavy atom. The highest BCUT2D eigenvalue weighted by atomic mass is 16.6. The Morgan fingerprint density at radius 1 is 0.474 bits per heavy atom. The van der Waals surface area contributed by atoms with E-state index in [9.17, 15) is 43.5 Å². The minimum Gasteiger partial charge on any atom is -0.480 e. The molecule has 95 heavy (non-hydrogen) atoms. The van der Waals surface area contributed by atoms with E-state index in [-0.39, 0.29) is 83.0 Å². The number of carbonyl (C=O) groups excluding carboxylic acids is 7. The van der Waals surface area contributed by atoms with E-state index < -0.39 is 76.5 Å². The molecule has 0 bridgehead atoms. The minimum absolute atomic E-state index is 0.0540. The van der Waals surface area contributed by atoms with E-state index in [1.54, 1.807) is 25.7 Å². The number of carbonyl (C=O) groups is 8. The lowest BCUT2D eigenvalue weighted by Crippen LogP contribution is -2.64. The van der Waals surface area contributed by atoms with E-state index in [1.807, 2.05) is 118 Å². The maximum absolute atomic E-state index is 14.1. The average Bonchev–Trinajstić information content (AvgIpc) is 1.73. The molecule has 2 aliphatic carbocycles. The summed E-state index contributed by atoms with van der Waals surface area (Å²) >= 11 is 0. The second-order valence-corrected chi connectivity index (χ2v) is 26.8. The van der Waals surface area contributed by atoms with Gasteiger partial charge in [0.1, 0.15) is 47.6 Å². The van der Waals surface area contributed by atoms with Crippen molar-refractivity contribution in [1.29, 1.82) is 0 Å². The van der Waals surface area contributed by atoms with Crippen molar-refractivity contribution < 1.29 is 71.9 Å². The number of hydrogen-bond donors (Lipinski definition) is 3. The summed E-state index contributed by atoms with van der Waals surface area (Å²) in [6.07, 6.45) is -0.437. The average molecular weight is 1300 g/mol. The first-order chi connectivity index (χ1) is 45.3. The Morgan fingerprint density at radius 3 is 1.18 bits per heavy atom. The number of ether oxygens (including phenoxy) is 6. The standard InChI is InChI=1S/C37H41N3O7.C25H21NO4.C12H22N2O4/c1-36(2,3)47-34(43)39-19-17-37(18-20-39,33(42)45-4)38-32(41)31-21-24-11-5-6-12-25(24)22-40(31)35(44)46-23-30-28-15-9-7-13-26(28)27-14-8-10-16-29(27)30;27-24(28)23-13-16-7-1-2-8-17(16)14-26(23)25(29)30-15-22-20-11-5-3-9-18(20)19-10-4-6-12-21(19)22;1-11(2,3)18-10(16)14-7-5-12(13,6-8-14)9(15)17-4/h5-16,30-31H,17-23H2,1-4H3,(H,38,41);1-12,22-23H,13-15H2,(H,27,28);5-8,13H2,1-4H3/t31-;23-;/m00./s1. The van der Waals surface area contributed by atoms with Gasteiger partial charge in [-0.05, 0) is 134 Å². The normalized spacial score (nSPS) is 18.1. The number of nitrogens with zero attached hydrogens (tertiary/aromatic N) is 4. The molecular formula is C74H84N6O15. The second-order valence-electron chi connectivity index (χ2n) is 26.8. The van der Waals surface area contributed by atoms with Crippen molar-refractivity contribution in [3.05, 3.63) is 190 Å². The van der Waals surface area contributed by atoms with Crippen LogP contribution in [0.3, 0.4) is 0 Å². The van der Waals surface area contributed by atoms with Crippen LogP contribution in [-0.2, 0) is 73.5 Å². The summed E-state index contributed by atoms with van der Waals surface area (Å²) in [5.74, 6) is -2.71. The number of aliphatic carboxylic acids is 1. The molecule has 0 spiro atoms. The van der Waals surface area contributed by atoms with Gasteiger partial charge >= 0.3 is 42.3 Å². The van der Waals surface area contributed by atoms with Crippen LogP contribution in [0.5, 0.6) is 0 Å². The van der Waals surface area contributed by atoms with Gasteiger partial charge in [-0.1, -0.05) is 146 Å². The molecule has 21 nitrogen and oxygen atoms in total. The smallest absolute Gasteiger partial charge is 0.410 e. The lowest BCUT2D eigenvalue weighted by atomic mass is 9.86. The third-order valence-corrected chi connectivity index (χ3v) is 18.3. The summed E-state index contributed by atoms with van der Waals surface area (Å²) in [4.78, 5) is 108. The molecule has 0 radical (unpaired) electrons. The number of likely N-dealkylation sites (tertiary alicyclic amines) is 2. The predicted octanol–water partition coefficient (Wildman–Crippen LogP) is 10.8. The third-order valence-electron chi connectivity index (χ3n) is 18.3. The topological polar surface area (TPSA) is 263 Å². The van der Waals surface area contributed by atoms with Gasteiger partial charge in [0.2, 0.25) is 5.91 Å². The van der Waals surface area contributed by atoms with E-state index in [4.69, 9.17) is 29.4 Å². The maximum Gasteiger partial charge on any atom is 0.410 e. The fraction of sp³-hybridized carbons (Fsp3) is 0.405. The van der Waals surface area contributed by atoms with Crippen LogP contribution in [0.15, 0.2) is 146 Å². The Labute approximate surface area is 553 Å². The fourth-order valence-electron chi connectivity index (χ4n) is 13.4. The number of carboxylic acid groups (broad SMARTS) is 1. The number of esters is 2. The molecule has 6 aromatic rings. The number of methoxy groups -OCH3 is 2. The van der Waals surface area contributed by atoms with Gasteiger partial charge in [-0.25, -0.2) is 28.8 Å². The zero-order valence-electron chi connectivity index (χ0n) is 55.1. The van der Waals surface area contributed by atoms with Gasteiger partial charge in [0.25, 0.3) is 0 Å². The second kappa shape index (κ2) is 28.4. The summed E-state index contributed by atoms with van der Waals surface area (Å²) < 4.78 is 32.3. The Hall–Kier alpha value is -9.76. The quantitative estimate of drug-likeness (QED) is 0.0897. The highest BCUT2D eigenvalue weighted by Crippen LogP contribution is 2.46. The van der Waals surface area contributed by atoms with Crippen molar-refractivity contribution in [1.82, 2.24) is 24.9 Å². The summed E-state index contributed by atoms with van der Waals surface area (Å²) in [6, 6.07) is 46.0. The van der Waals surface area contributed by atoms with Gasteiger partial charge in [-0.3, -0.25) is 19.4 Å². The van der Waals surface area contributed by atoms with Gasteiger partial charge in [0.05, 0.1) is 27.3 Å². The number of carboxylic acids is 1. The molecule has 0 unspecified atom stereocenters. The number of nitrogens with one attached hydrogen (secondary N) is 1. The van der Waals surface area contributed by atoms with Crippen LogP contribution in [0.25, 0.3) is 22.3 Å². The molecule has 2 fully saturated rings. The summed E-state index contributed by atoms with van der Waals surface area (Å²) in [7, 11) is 2.59. The van der Waals surface area contributed by atoms with Crippen LogP contribution in [0, 0.1) is 0 Å². The molecule has 0 saturated carbocycles. The van der Waals surface area contributed by atoms with Crippen molar-refractivity contribution in [2.45, 2.75) is 139 Å². The molecule has 6 aliphatic rings. The Bertz CT molecular complexity index is 3770. The van der Waals surface area contributed by atoms with Gasteiger partial charge < -0.3 is 54.4 Å². The predicted molar refractivity (Wildman–Crippen MR) is 353 cm³/mol. The zero-order chi connectivity index (χ0) is 68.0. The van der Waals surface area contributed by atoms with E-state index >= 15 is 0 Å². The van der Waals surface area contributed by atoms with Crippen LogP contribution < -0.4 is 11.1 Å². The molecule has 4 heterocycles. The van der Waals surface area contributed by atoms with Crippen molar-refractivity contribution >= 4 is 48.2 Å². The molecule has 2 saturated heterocycles. The first-order valence-electron chi connectivity index (χ1n) is 32.1. The van der Waals surface area contributed by atoms with E-state index in [0.717, 1.165) is 66.8 Å². The van der Waals surface area contributed by atoms with Gasteiger partial charge in [0.15, 0.2) is 0 Å². The Kier molecular flexibility index (Phi) is 20.4. The first-order valence-corrected chi connectivity index (χ1v) is 32.1. The summed E-state index contributed by atoms with van der Waals surface area (Å²) in [5.41, 5.74) is 15.2. The monoisotopic (exact) mass is 1300 g/mol. The van der Waals surface area contributed by atoms with Crippen LogP contribution >= 0.6 is 0 Å². The summed E-state index contributed by atoms with van der Waals surface area (Å²) in [6.45, 7) is 12.7. The van der Waals surface area contributed by atoms with E-state index in [0.29, 0.717) is 25.9 Å². The molecule has 2 atom stereocenters. The highest BCUT2D eigenvalue weighted by molar-refractivity contribution is 5.93. The molecule has 4 aliphatic heterocycles. The number of rotatable bonds is 9. The van der Waals surface area contributed by atoms with E-state index in [1.165, 1.54) is 28.9 Å². The van der Waals surface area contributed by atoms with Gasteiger partial charge in [-0.2, -0.15) is 0 Å². The lowest BCUT2D eigenvalue weighted by Gasteiger charge is -2.42. The summed E-state index contributed by atoms with van der Waals surface area (Å²) in [5, 5.41) is 12.6. The maximum atomic E-state index is 14.1. The molecule has 0 aromatic heterocycles. The van der Waals surface area contributed by atoms with Crippen LogP contribution in [-0.4, -0.2) is 161 Å². The van der Waals surface area contributed by atoms with Crippen LogP contribution in [0.4, 0.5) is 19.2 Å². The fourth-order valence-corrected chi connectivity index (χ4v) is 13.4. The number of hydrogen-bond acceptors (Lipinski definition) is 15. The molecule has 5 amide bonds. The molecule has 6 aromatic carbocycles. The van der Waals surface area contributed by atoms with Crippen LogP contribution in [0.2, 0.25) is 0 Å². The zero-order valence-corrected chi connectivity index (χ0v) is 55.1.